The molecule has 1 aromatic rings. The molecule has 1 N–H and O–H groups in total. The van der Waals surface area contributed by atoms with Gasteiger partial charge in [-0.25, -0.2) is 0 Å². The van der Waals surface area contributed by atoms with Gasteiger partial charge >= 0.3 is 0 Å². The quantitative estimate of drug-likeness (QED) is 0.755. The van der Waals surface area contributed by atoms with Crippen molar-refractivity contribution in [3.63, 3.8) is 0 Å². The molecule has 1 heterocycles. The Balaban J connectivity index is 2.37. The first kappa shape index (κ1) is 12.5. The summed E-state index contributed by atoms with van der Waals surface area (Å²) in [6.45, 7) is 4.45. The molecule has 0 aromatic carbocycles. The molecule has 0 saturated heterocycles. The topological polar surface area (TPSA) is 39.1 Å². The molecule has 1 rings (SSSR count). The third-order valence-corrected chi connectivity index (χ3v) is 2.75. The third-order valence-electron chi connectivity index (χ3n) is 2.27. The number of rotatable bonds is 6. The average Bonchev–Trinajstić information content (AvgIpc) is 2.44. The summed E-state index contributed by atoms with van der Waals surface area (Å²) in [7, 11) is 3.56. The number of nitrogens with zero attached hydrogens (tertiary/aromatic N) is 2. The molecular formula is C10H18ClN3O. The fraction of sp³-hybridized carbons (Fsp3) is 0.700. The minimum atomic E-state index is 0.715. The van der Waals surface area contributed by atoms with Crippen molar-refractivity contribution in [2.75, 3.05) is 20.3 Å². The number of methoxy groups -OCH3 is 1. The number of aryl methyl sites for hydroxylation is 2. The van der Waals surface area contributed by atoms with E-state index in [2.05, 4.69) is 10.4 Å². The van der Waals surface area contributed by atoms with E-state index in [-0.39, 0.29) is 0 Å². The van der Waals surface area contributed by atoms with Crippen molar-refractivity contribution in [2.24, 2.45) is 7.05 Å². The first-order valence-corrected chi connectivity index (χ1v) is 5.42. The highest BCUT2D eigenvalue weighted by atomic mass is 35.5. The Morgan fingerprint density at radius 3 is 2.80 bits per heavy atom. The predicted octanol–water partition coefficient (Wildman–Crippen LogP) is 1.51. The van der Waals surface area contributed by atoms with E-state index in [0.717, 1.165) is 37.4 Å². The van der Waals surface area contributed by atoms with E-state index >= 15 is 0 Å². The molecule has 4 nitrogen and oxygen atoms in total. The minimum absolute atomic E-state index is 0.715. The van der Waals surface area contributed by atoms with Crippen LogP contribution in [0.15, 0.2) is 0 Å². The molecule has 0 fully saturated rings. The molecule has 0 amide bonds. The summed E-state index contributed by atoms with van der Waals surface area (Å²) in [4.78, 5) is 0. The highest BCUT2D eigenvalue weighted by molar-refractivity contribution is 6.30. The van der Waals surface area contributed by atoms with Gasteiger partial charge in [0.2, 0.25) is 0 Å². The van der Waals surface area contributed by atoms with Crippen LogP contribution in [0.2, 0.25) is 5.15 Å². The van der Waals surface area contributed by atoms with Crippen LogP contribution in [-0.4, -0.2) is 30.0 Å². The van der Waals surface area contributed by atoms with Gasteiger partial charge in [0.1, 0.15) is 5.15 Å². The highest BCUT2D eigenvalue weighted by Crippen LogP contribution is 2.17. The molecule has 0 saturated carbocycles. The van der Waals surface area contributed by atoms with Crippen molar-refractivity contribution in [3.8, 4) is 0 Å². The van der Waals surface area contributed by atoms with Crippen LogP contribution in [0.25, 0.3) is 0 Å². The van der Waals surface area contributed by atoms with Crippen molar-refractivity contribution in [1.82, 2.24) is 15.1 Å². The summed E-state index contributed by atoms with van der Waals surface area (Å²) >= 11 is 6.09. The fourth-order valence-corrected chi connectivity index (χ4v) is 1.67. The summed E-state index contributed by atoms with van der Waals surface area (Å²) < 4.78 is 6.66. The number of nitrogens with one attached hydrogen (secondary N) is 1. The van der Waals surface area contributed by atoms with Crippen LogP contribution in [0.4, 0.5) is 0 Å². The van der Waals surface area contributed by atoms with Gasteiger partial charge < -0.3 is 10.1 Å². The zero-order valence-corrected chi connectivity index (χ0v) is 10.3. The molecule has 0 aliphatic rings. The van der Waals surface area contributed by atoms with Gasteiger partial charge in [0.15, 0.2) is 0 Å². The SMILES string of the molecule is COCCCNCc1c(C)nn(C)c1Cl. The summed E-state index contributed by atoms with van der Waals surface area (Å²) in [5.41, 5.74) is 2.07. The van der Waals surface area contributed by atoms with Gasteiger partial charge in [-0.1, -0.05) is 11.6 Å². The van der Waals surface area contributed by atoms with Gasteiger partial charge in [-0.3, -0.25) is 4.68 Å². The van der Waals surface area contributed by atoms with Crippen molar-refractivity contribution in [1.29, 1.82) is 0 Å². The maximum atomic E-state index is 6.09. The van der Waals surface area contributed by atoms with E-state index in [9.17, 15) is 0 Å². The Morgan fingerprint density at radius 1 is 1.53 bits per heavy atom. The van der Waals surface area contributed by atoms with Gasteiger partial charge in [-0.05, 0) is 19.9 Å². The minimum Gasteiger partial charge on any atom is -0.385 e. The van der Waals surface area contributed by atoms with Crippen molar-refractivity contribution in [2.45, 2.75) is 19.9 Å². The molecule has 0 bridgehead atoms. The number of hydrogen-bond donors (Lipinski definition) is 1. The highest BCUT2D eigenvalue weighted by Gasteiger charge is 2.09. The fourth-order valence-electron chi connectivity index (χ4n) is 1.43. The monoisotopic (exact) mass is 231 g/mol. The van der Waals surface area contributed by atoms with Crippen molar-refractivity contribution >= 4 is 11.6 Å². The van der Waals surface area contributed by atoms with Crippen LogP contribution in [-0.2, 0) is 18.3 Å². The van der Waals surface area contributed by atoms with E-state index in [4.69, 9.17) is 16.3 Å². The second kappa shape index (κ2) is 6.10. The first-order chi connectivity index (χ1) is 7.16. The number of ether oxygens (including phenoxy) is 1. The molecular weight excluding hydrogens is 214 g/mol. The number of halogens is 1. The van der Waals surface area contributed by atoms with E-state index in [0.29, 0.717) is 5.15 Å². The smallest absolute Gasteiger partial charge is 0.131 e. The van der Waals surface area contributed by atoms with E-state index in [1.165, 1.54) is 0 Å². The molecule has 1 aromatic heterocycles. The van der Waals surface area contributed by atoms with Crippen molar-refractivity contribution < 1.29 is 4.74 Å². The predicted molar refractivity (Wildman–Crippen MR) is 61.2 cm³/mol. The Bertz CT molecular complexity index is 312. The Labute approximate surface area is 95.6 Å². The summed E-state index contributed by atoms with van der Waals surface area (Å²) in [5.74, 6) is 0. The number of hydrogen-bond acceptors (Lipinski definition) is 3. The maximum Gasteiger partial charge on any atom is 0.131 e. The van der Waals surface area contributed by atoms with Gasteiger partial charge in [0.25, 0.3) is 0 Å². The molecule has 0 spiro atoms. The van der Waals surface area contributed by atoms with Gasteiger partial charge in [0.05, 0.1) is 5.69 Å². The van der Waals surface area contributed by atoms with E-state index in [1.807, 2.05) is 14.0 Å². The van der Waals surface area contributed by atoms with E-state index in [1.54, 1.807) is 11.8 Å². The van der Waals surface area contributed by atoms with Gasteiger partial charge in [-0.2, -0.15) is 5.10 Å². The summed E-state index contributed by atoms with van der Waals surface area (Å²) in [5, 5.41) is 8.27. The lowest BCUT2D eigenvalue weighted by atomic mass is 10.2. The number of aromatic nitrogens is 2. The summed E-state index contributed by atoms with van der Waals surface area (Å²) in [6.07, 6.45) is 1.01. The van der Waals surface area contributed by atoms with Crippen LogP contribution in [0.3, 0.4) is 0 Å². The first-order valence-electron chi connectivity index (χ1n) is 5.04. The van der Waals surface area contributed by atoms with Crippen LogP contribution in [0, 0.1) is 6.92 Å². The maximum absolute atomic E-state index is 6.09. The van der Waals surface area contributed by atoms with Crippen LogP contribution in [0.5, 0.6) is 0 Å². The third kappa shape index (κ3) is 3.48. The van der Waals surface area contributed by atoms with Crippen LogP contribution < -0.4 is 5.32 Å². The molecule has 5 heteroatoms. The zero-order valence-electron chi connectivity index (χ0n) is 9.51. The standard InChI is InChI=1S/C10H18ClN3O/c1-8-9(10(11)14(2)13-8)7-12-5-4-6-15-3/h12H,4-7H2,1-3H3. The van der Waals surface area contributed by atoms with Crippen LogP contribution >= 0.6 is 11.6 Å². The van der Waals surface area contributed by atoms with Crippen molar-refractivity contribution in [3.05, 3.63) is 16.4 Å². The van der Waals surface area contributed by atoms with Gasteiger partial charge in [0, 0.05) is 32.9 Å². The molecule has 0 unspecified atom stereocenters. The second-order valence-electron chi connectivity index (χ2n) is 3.50. The van der Waals surface area contributed by atoms with Crippen LogP contribution in [0.1, 0.15) is 17.7 Å². The molecule has 0 aliphatic heterocycles. The second-order valence-corrected chi connectivity index (χ2v) is 3.86. The lowest BCUT2D eigenvalue weighted by Crippen LogP contribution is -2.16. The molecule has 0 radical (unpaired) electrons. The molecule has 0 atom stereocenters. The normalized spacial score (nSPS) is 10.9. The van der Waals surface area contributed by atoms with E-state index < -0.39 is 0 Å². The molecule has 15 heavy (non-hydrogen) atoms. The summed E-state index contributed by atoms with van der Waals surface area (Å²) in [6, 6.07) is 0. The largest absolute Gasteiger partial charge is 0.385 e. The average molecular weight is 232 g/mol. The van der Waals surface area contributed by atoms with Gasteiger partial charge in [-0.15, -0.1) is 0 Å². The Morgan fingerprint density at radius 2 is 2.27 bits per heavy atom. The molecule has 0 aliphatic carbocycles. The Hall–Kier alpha value is -0.580. The molecule has 86 valence electrons. The Kier molecular flexibility index (Phi) is 5.08. The lowest BCUT2D eigenvalue weighted by molar-refractivity contribution is 0.194. The zero-order chi connectivity index (χ0) is 11.3. The lowest BCUT2D eigenvalue weighted by Gasteiger charge is -2.04.